The lowest BCUT2D eigenvalue weighted by molar-refractivity contribution is 0.786. The van der Waals surface area contributed by atoms with E-state index in [2.05, 4.69) is 100 Å². The van der Waals surface area contributed by atoms with Gasteiger partial charge in [0.25, 0.3) is 0 Å². The van der Waals surface area contributed by atoms with Gasteiger partial charge in [-0.2, -0.15) is 0 Å². The third kappa shape index (κ3) is 4.80. The van der Waals surface area contributed by atoms with Crippen molar-refractivity contribution < 1.29 is 0 Å². The summed E-state index contributed by atoms with van der Waals surface area (Å²) in [4.78, 5) is 20.0. The highest BCUT2D eigenvalue weighted by atomic mass is 15.1. The first-order valence-corrected chi connectivity index (χ1v) is 17.1. The van der Waals surface area contributed by atoms with Crippen molar-refractivity contribution in [3.63, 3.8) is 0 Å². The number of para-hydroxylation sites is 3. The third-order valence-electron chi connectivity index (χ3n) is 9.69. The predicted molar refractivity (Wildman–Crippen MR) is 207 cm³/mol. The van der Waals surface area contributed by atoms with Crippen LogP contribution in [0.1, 0.15) is 5.82 Å². The molecule has 10 aromatic rings. The van der Waals surface area contributed by atoms with E-state index in [1.54, 1.807) is 0 Å². The number of fused-ring (bicyclic) bond motifs is 6. The average molecular weight is 655 g/mol. The van der Waals surface area contributed by atoms with Gasteiger partial charge in [-0.3, -0.25) is 4.57 Å². The zero-order chi connectivity index (χ0) is 33.7. The average Bonchev–Trinajstić information content (AvgIpc) is 3.72. The maximum atomic E-state index is 5.09. The van der Waals surface area contributed by atoms with Crippen molar-refractivity contribution >= 4 is 43.7 Å². The zero-order valence-electron chi connectivity index (χ0n) is 27.6. The van der Waals surface area contributed by atoms with Crippen molar-refractivity contribution in [2.45, 2.75) is 6.54 Å². The molecule has 6 aromatic carbocycles. The molecule has 0 fully saturated rings. The van der Waals surface area contributed by atoms with Gasteiger partial charge < -0.3 is 4.57 Å². The molecule has 0 saturated heterocycles. The molecule has 0 aliphatic carbocycles. The largest absolute Gasteiger partial charge is 0.332 e. The summed E-state index contributed by atoms with van der Waals surface area (Å²) >= 11 is 0. The monoisotopic (exact) mass is 654 g/mol. The van der Waals surface area contributed by atoms with Crippen LogP contribution in [0.3, 0.4) is 0 Å². The van der Waals surface area contributed by atoms with Gasteiger partial charge in [-0.25, -0.2) is 19.9 Å². The normalized spacial score (nSPS) is 11.6. The molecule has 51 heavy (non-hydrogen) atoms. The molecular weight excluding hydrogens is 625 g/mol. The molecule has 0 aliphatic heterocycles. The minimum absolute atomic E-state index is 0.465. The Kier molecular flexibility index (Phi) is 6.77. The second-order valence-corrected chi connectivity index (χ2v) is 12.7. The maximum absolute atomic E-state index is 5.09. The Balaban J connectivity index is 1.24. The predicted octanol–water partition coefficient (Wildman–Crippen LogP) is 10.5. The number of nitrogens with zero attached hydrogens (tertiary/aromatic N) is 6. The highest BCUT2D eigenvalue weighted by molar-refractivity contribution is 6.19. The van der Waals surface area contributed by atoms with Crippen molar-refractivity contribution in [2.24, 2.45) is 0 Å². The highest BCUT2D eigenvalue weighted by Crippen LogP contribution is 2.42. The van der Waals surface area contributed by atoms with E-state index in [-0.39, 0.29) is 0 Å². The molecule has 0 N–H and O–H groups in total. The first-order valence-electron chi connectivity index (χ1n) is 17.1. The second kappa shape index (κ2) is 11.9. The van der Waals surface area contributed by atoms with Crippen LogP contribution in [0.5, 0.6) is 0 Å². The maximum Gasteiger partial charge on any atom is 0.163 e. The summed E-state index contributed by atoms with van der Waals surface area (Å²) in [7, 11) is 0. The molecule has 0 unspecified atom stereocenters. The number of pyridine rings is 1. The molecule has 6 heteroatoms. The van der Waals surface area contributed by atoms with Crippen LogP contribution in [-0.4, -0.2) is 29.1 Å². The van der Waals surface area contributed by atoms with Gasteiger partial charge >= 0.3 is 0 Å². The summed E-state index contributed by atoms with van der Waals surface area (Å²) in [5.74, 6) is 2.01. The van der Waals surface area contributed by atoms with Gasteiger partial charge in [-0.1, -0.05) is 127 Å². The van der Waals surface area contributed by atoms with Gasteiger partial charge in [0.05, 0.1) is 17.6 Å². The molecule has 4 heterocycles. The molecule has 4 aromatic heterocycles. The molecule has 0 radical (unpaired) electrons. The van der Waals surface area contributed by atoms with Gasteiger partial charge in [0.15, 0.2) is 17.5 Å². The number of rotatable bonds is 6. The summed E-state index contributed by atoms with van der Waals surface area (Å²) in [6.45, 7) is 0.465. The van der Waals surface area contributed by atoms with Gasteiger partial charge in [0.2, 0.25) is 0 Å². The van der Waals surface area contributed by atoms with Gasteiger partial charge in [0.1, 0.15) is 5.65 Å². The number of benzene rings is 6. The van der Waals surface area contributed by atoms with Crippen LogP contribution >= 0.6 is 0 Å². The summed E-state index contributed by atoms with van der Waals surface area (Å²) in [5.41, 5.74) is 9.61. The van der Waals surface area contributed by atoms with Crippen LogP contribution in [-0.2, 0) is 6.54 Å². The lowest BCUT2D eigenvalue weighted by Gasteiger charge is -2.14. The minimum Gasteiger partial charge on any atom is -0.332 e. The van der Waals surface area contributed by atoms with Crippen LogP contribution < -0.4 is 0 Å². The fourth-order valence-electron chi connectivity index (χ4n) is 7.51. The summed E-state index contributed by atoms with van der Waals surface area (Å²) < 4.78 is 4.65. The number of aromatic nitrogens is 6. The Morgan fingerprint density at radius 1 is 0.451 bits per heavy atom. The van der Waals surface area contributed by atoms with E-state index < -0.39 is 0 Å². The Bertz CT molecular complexity index is 2820. The lowest BCUT2D eigenvalue weighted by atomic mass is 9.97. The van der Waals surface area contributed by atoms with Crippen molar-refractivity contribution in [2.75, 3.05) is 0 Å². The highest BCUT2D eigenvalue weighted by Gasteiger charge is 2.21. The molecule has 0 aliphatic rings. The van der Waals surface area contributed by atoms with Crippen LogP contribution in [0.4, 0.5) is 0 Å². The fourth-order valence-corrected chi connectivity index (χ4v) is 7.51. The van der Waals surface area contributed by atoms with Crippen LogP contribution in [0.25, 0.3) is 83.3 Å². The summed E-state index contributed by atoms with van der Waals surface area (Å²) in [6, 6.07) is 56.9. The summed E-state index contributed by atoms with van der Waals surface area (Å²) in [6.07, 6.45) is 1.88. The van der Waals surface area contributed by atoms with Crippen LogP contribution in [0.2, 0.25) is 0 Å². The van der Waals surface area contributed by atoms with E-state index in [0.717, 1.165) is 55.5 Å². The van der Waals surface area contributed by atoms with Crippen molar-refractivity contribution in [3.05, 3.63) is 176 Å². The Morgan fingerprint density at radius 2 is 1.04 bits per heavy atom. The number of hydrogen-bond donors (Lipinski definition) is 0. The first kappa shape index (κ1) is 29.0. The first-order chi connectivity index (χ1) is 25.3. The third-order valence-corrected chi connectivity index (χ3v) is 9.69. The van der Waals surface area contributed by atoms with E-state index in [4.69, 9.17) is 19.9 Å². The van der Waals surface area contributed by atoms with E-state index in [9.17, 15) is 0 Å². The Labute approximate surface area is 294 Å². The SMILES string of the molecule is c1ccc(-c2nc(Cn3c4ccccc4c4cccc(-c5cccc6c5c5cccnc5n6-c5ccccc5)c43)nc(-c3ccccc3)n2)cc1. The number of hydrogen-bond acceptors (Lipinski definition) is 4. The minimum atomic E-state index is 0.465. The van der Waals surface area contributed by atoms with Gasteiger partial charge in [-0.15, -0.1) is 0 Å². The van der Waals surface area contributed by atoms with Crippen molar-refractivity contribution in [1.82, 2.24) is 29.1 Å². The molecule has 0 bridgehead atoms. The lowest BCUT2D eigenvalue weighted by Crippen LogP contribution is -2.08. The van der Waals surface area contributed by atoms with Crippen molar-refractivity contribution in [1.29, 1.82) is 0 Å². The van der Waals surface area contributed by atoms with Crippen molar-refractivity contribution in [3.8, 4) is 39.6 Å². The zero-order valence-corrected chi connectivity index (χ0v) is 27.6. The molecule has 10 rings (SSSR count). The van der Waals surface area contributed by atoms with Gasteiger partial charge in [-0.05, 0) is 42.0 Å². The summed E-state index contributed by atoms with van der Waals surface area (Å²) in [5, 5.41) is 4.66. The van der Waals surface area contributed by atoms with E-state index in [1.165, 1.54) is 16.2 Å². The quantitative estimate of drug-likeness (QED) is 0.179. The van der Waals surface area contributed by atoms with E-state index >= 15 is 0 Å². The molecule has 6 nitrogen and oxygen atoms in total. The molecule has 0 spiro atoms. The fraction of sp³-hybridized carbons (Fsp3) is 0.0222. The molecule has 0 atom stereocenters. The second-order valence-electron chi connectivity index (χ2n) is 12.7. The molecular formula is C45H30N6. The molecule has 240 valence electrons. The van der Waals surface area contributed by atoms with E-state index in [1.807, 2.05) is 79.0 Å². The van der Waals surface area contributed by atoms with Gasteiger partial charge in [0, 0.05) is 55.6 Å². The smallest absolute Gasteiger partial charge is 0.163 e. The van der Waals surface area contributed by atoms with E-state index in [0.29, 0.717) is 24.0 Å². The Morgan fingerprint density at radius 3 is 1.78 bits per heavy atom. The van der Waals surface area contributed by atoms with Crippen LogP contribution in [0, 0.1) is 0 Å². The Hall–Kier alpha value is -6.92. The standard InChI is InChI=1S/C45H30N6/c1-4-15-30(16-5-1)43-47-40(48-44(49-43)31-17-6-2-7-18-31)29-50-38-26-11-10-21-33(38)35-23-12-24-36(42(35)50)34-22-13-27-39-41(34)37-25-14-28-46-45(37)51(39)32-19-8-3-9-20-32/h1-28H,29H2. The molecule has 0 amide bonds. The van der Waals surface area contributed by atoms with Crippen LogP contribution in [0.15, 0.2) is 170 Å². The molecule has 0 saturated carbocycles. The topological polar surface area (TPSA) is 61.4 Å².